The Kier molecular flexibility index (Phi) is 9.73. The number of rotatable bonds is 9. The van der Waals surface area contributed by atoms with Crippen molar-refractivity contribution in [3.8, 4) is 0 Å². The summed E-state index contributed by atoms with van der Waals surface area (Å²) in [6.07, 6.45) is 15.1. The van der Waals surface area contributed by atoms with E-state index in [4.69, 9.17) is 14.2 Å². The predicted molar refractivity (Wildman–Crippen MR) is 140 cm³/mol. The van der Waals surface area contributed by atoms with Gasteiger partial charge in [0.2, 0.25) is 11.8 Å². The number of nitrogens with one attached hydrogen (secondary N) is 1. The monoisotopic (exact) mass is 515 g/mol. The van der Waals surface area contributed by atoms with Crippen LogP contribution in [-0.2, 0) is 23.8 Å². The van der Waals surface area contributed by atoms with Gasteiger partial charge in [0.25, 0.3) is 0 Å². The van der Waals surface area contributed by atoms with Gasteiger partial charge in [0.15, 0.2) is 0 Å². The first-order valence-corrected chi connectivity index (χ1v) is 12.9. The minimum Gasteiger partial charge on any atom is -0.444 e. The first kappa shape index (κ1) is 28.7. The number of carbonyl (C=O) groups is 3. The minimum atomic E-state index is -0.810. The highest BCUT2D eigenvalue weighted by Gasteiger charge is 2.31. The molecule has 9 nitrogen and oxygen atoms in total. The first-order chi connectivity index (χ1) is 17.4. The number of allylic oxidation sites excluding steroid dienone is 5. The number of carbonyl (C=O) groups excluding carboxylic acids is 3. The topological polar surface area (TPSA) is 97.4 Å². The summed E-state index contributed by atoms with van der Waals surface area (Å²) >= 11 is 0. The van der Waals surface area contributed by atoms with Gasteiger partial charge >= 0.3 is 6.09 Å². The average molecular weight is 516 g/mol. The molecule has 0 aromatic heterocycles. The number of ether oxygens (including phenoxy) is 3. The van der Waals surface area contributed by atoms with Crippen LogP contribution in [0.2, 0.25) is 0 Å². The lowest BCUT2D eigenvalue weighted by Crippen LogP contribution is -2.51. The summed E-state index contributed by atoms with van der Waals surface area (Å²) in [6.45, 7) is 7.48. The van der Waals surface area contributed by atoms with Crippen LogP contribution < -0.4 is 5.32 Å². The van der Waals surface area contributed by atoms with Crippen LogP contribution in [-0.4, -0.2) is 85.0 Å². The lowest BCUT2D eigenvalue weighted by atomic mass is 9.93. The molecule has 0 saturated carbocycles. The molecule has 2 aliphatic carbocycles. The first-order valence-electron chi connectivity index (χ1n) is 12.9. The molecule has 1 saturated heterocycles. The molecule has 204 valence electrons. The summed E-state index contributed by atoms with van der Waals surface area (Å²) in [5.41, 5.74) is 0.395. The highest BCUT2D eigenvalue weighted by atomic mass is 16.7. The van der Waals surface area contributed by atoms with E-state index in [1.807, 2.05) is 49.5 Å². The zero-order chi connectivity index (χ0) is 27.2. The fourth-order valence-electron chi connectivity index (χ4n) is 4.48. The predicted octanol–water partition coefficient (Wildman–Crippen LogP) is 3.34. The van der Waals surface area contributed by atoms with E-state index in [9.17, 15) is 14.4 Å². The smallest absolute Gasteiger partial charge is 0.408 e. The zero-order valence-electron chi connectivity index (χ0n) is 22.8. The van der Waals surface area contributed by atoms with Gasteiger partial charge in [-0.05, 0) is 64.5 Å². The maximum absolute atomic E-state index is 13.4. The molecule has 0 aromatic rings. The molecule has 37 heavy (non-hydrogen) atoms. The van der Waals surface area contributed by atoms with E-state index in [1.54, 1.807) is 39.8 Å². The van der Waals surface area contributed by atoms with Crippen molar-refractivity contribution in [1.82, 2.24) is 15.1 Å². The van der Waals surface area contributed by atoms with Crippen LogP contribution in [0.5, 0.6) is 0 Å². The van der Waals surface area contributed by atoms with Crippen molar-refractivity contribution in [3.63, 3.8) is 0 Å². The lowest BCUT2D eigenvalue weighted by Gasteiger charge is -2.31. The van der Waals surface area contributed by atoms with Crippen molar-refractivity contribution < 1.29 is 28.6 Å². The normalized spacial score (nSPS) is 24.1. The van der Waals surface area contributed by atoms with Gasteiger partial charge in [0, 0.05) is 20.1 Å². The van der Waals surface area contributed by atoms with Gasteiger partial charge in [-0.2, -0.15) is 0 Å². The lowest BCUT2D eigenvalue weighted by molar-refractivity contribution is -0.141. The van der Waals surface area contributed by atoms with Crippen molar-refractivity contribution >= 4 is 17.9 Å². The maximum Gasteiger partial charge on any atom is 0.408 e. The van der Waals surface area contributed by atoms with Gasteiger partial charge in [-0.3, -0.25) is 9.59 Å². The number of amides is 3. The molecule has 3 aliphatic rings. The minimum absolute atomic E-state index is 0.0413. The summed E-state index contributed by atoms with van der Waals surface area (Å²) < 4.78 is 16.4. The largest absolute Gasteiger partial charge is 0.444 e. The Morgan fingerprint density at radius 3 is 2.54 bits per heavy atom. The maximum atomic E-state index is 13.4. The molecular weight excluding hydrogens is 474 g/mol. The molecule has 3 rings (SSSR count). The van der Waals surface area contributed by atoms with E-state index in [1.165, 1.54) is 4.90 Å². The summed E-state index contributed by atoms with van der Waals surface area (Å²) in [6, 6.07) is -0.892. The third-order valence-electron chi connectivity index (χ3n) is 6.65. The Balaban J connectivity index is 1.58. The molecule has 5 atom stereocenters. The van der Waals surface area contributed by atoms with Crippen molar-refractivity contribution in [2.75, 3.05) is 27.4 Å². The number of hydrogen-bond acceptors (Lipinski definition) is 6. The summed E-state index contributed by atoms with van der Waals surface area (Å²) in [7, 11) is 3.33. The van der Waals surface area contributed by atoms with Crippen molar-refractivity contribution in [1.29, 1.82) is 0 Å². The number of nitrogens with zero attached hydrogens (tertiary/aromatic N) is 2. The number of alkyl carbamates (subject to hydrolysis) is 1. The third-order valence-corrected chi connectivity index (χ3v) is 6.65. The van der Waals surface area contributed by atoms with E-state index in [-0.39, 0.29) is 49.3 Å². The Morgan fingerprint density at radius 2 is 1.86 bits per heavy atom. The Hall–Kier alpha value is -2.91. The molecule has 0 radical (unpaired) electrons. The van der Waals surface area contributed by atoms with Crippen LogP contribution in [0.25, 0.3) is 0 Å². The highest BCUT2D eigenvalue weighted by molar-refractivity contribution is 5.89. The molecule has 9 heteroatoms. The summed E-state index contributed by atoms with van der Waals surface area (Å²) in [5.74, 6) is -0.407. The number of fused-ring (bicyclic) bond motifs is 1. The molecule has 1 N–H and O–H groups in total. The summed E-state index contributed by atoms with van der Waals surface area (Å²) in [4.78, 5) is 41.9. The second-order valence-electron chi connectivity index (χ2n) is 11.0. The van der Waals surface area contributed by atoms with Gasteiger partial charge in [-0.15, -0.1) is 0 Å². The van der Waals surface area contributed by atoms with Gasteiger partial charge < -0.3 is 29.3 Å². The Morgan fingerprint density at radius 1 is 1.14 bits per heavy atom. The average Bonchev–Trinajstić information content (AvgIpc) is 3.30. The molecule has 1 aliphatic heterocycles. The van der Waals surface area contributed by atoms with Crippen molar-refractivity contribution in [3.05, 3.63) is 48.1 Å². The van der Waals surface area contributed by atoms with E-state index in [2.05, 4.69) is 5.32 Å². The molecule has 0 bridgehead atoms. The van der Waals surface area contributed by atoms with E-state index in [0.717, 1.165) is 12.0 Å². The van der Waals surface area contributed by atoms with E-state index >= 15 is 0 Å². The van der Waals surface area contributed by atoms with Crippen molar-refractivity contribution in [2.45, 2.75) is 76.9 Å². The van der Waals surface area contributed by atoms with Crippen LogP contribution in [0.3, 0.4) is 0 Å². The summed E-state index contributed by atoms with van der Waals surface area (Å²) in [5, 5.41) is 2.73. The molecule has 1 fully saturated rings. The quantitative estimate of drug-likeness (QED) is 0.506. The van der Waals surface area contributed by atoms with Gasteiger partial charge in [-0.25, -0.2) is 4.79 Å². The zero-order valence-corrected chi connectivity index (χ0v) is 22.8. The van der Waals surface area contributed by atoms with Gasteiger partial charge in [0.05, 0.1) is 6.54 Å². The van der Waals surface area contributed by atoms with Crippen molar-refractivity contribution in [2.24, 2.45) is 5.92 Å². The highest BCUT2D eigenvalue weighted by Crippen LogP contribution is 2.25. The van der Waals surface area contributed by atoms with Crippen LogP contribution in [0, 0.1) is 5.92 Å². The number of likely N-dealkylation sites (N-methyl/N-ethyl adjacent to an activating group) is 2. The Bertz CT molecular complexity index is 963. The van der Waals surface area contributed by atoms with Crippen LogP contribution in [0.1, 0.15) is 47.0 Å². The molecule has 1 heterocycles. The van der Waals surface area contributed by atoms with E-state index in [0.29, 0.717) is 12.8 Å². The van der Waals surface area contributed by atoms with Crippen LogP contribution >= 0.6 is 0 Å². The second kappa shape index (κ2) is 12.6. The fraction of sp³-hybridized carbons (Fsp3) is 0.607. The standard InChI is InChI=1S/C28H41N3O6/c1-19(14-21-12-13-23-24(16-21)36-18-35-23)31(6)25(32)17-30(5)26(33)22(15-20-10-8-7-9-11-20)29-27(34)37-28(2,3)4/h7-10,12-13,16,19-20,22-24H,11,14-15,17-18H2,1-6H3,(H,29,34). The van der Waals surface area contributed by atoms with Gasteiger partial charge in [0.1, 0.15) is 30.6 Å². The van der Waals surface area contributed by atoms with Gasteiger partial charge in [-0.1, -0.05) is 36.5 Å². The van der Waals surface area contributed by atoms with Crippen LogP contribution in [0.15, 0.2) is 48.1 Å². The van der Waals surface area contributed by atoms with E-state index < -0.39 is 17.7 Å². The second-order valence-corrected chi connectivity index (χ2v) is 11.0. The molecule has 0 spiro atoms. The molecular formula is C28H41N3O6. The number of hydrogen-bond donors (Lipinski definition) is 1. The molecule has 3 amide bonds. The SMILES string of the molecule is CC(CC1=CC2OCOC2C=C1)N(C)C(=O)CN(C)C(=O)C(CC1C=CC=CC1)NC(=O)OC(C)(C)C. The molecule has 5 unspecified atom stereocenters. The fourth-order valence-corrected chi connectivity index (χ4v) is 4.48. The Labute approximate surface area is 220 Å². The third kappa shape index (κ3) is 8.57. The van der Waals surface area contributed by atoms with Crippen LogP contribution in [0.4, 0.5) is 4.79 Å². The molecule has 0 aromatic carbocycles.